The average Bonchev–Trinajstić information content (AvgIpc) is 3.63. The second kappa shape index (κ2) is 9.11. The van der Waals surface area contributed by atoms with E-state index < -0.39 is 10.0 Å². The number of sulfonamides is 1. The van der Waals surface area contributed by atoms with Gasteiger partial charge in [-0.2, -0.15) is 5.10 Å². The highest BCUT2D eigenvalue weighted by Crippen LogP contribution is 2.34. The number of nitrogens with one attached hydrogen (secondary N) is 3. The van der Waals surface area contributed by atoms with E-state index in [1.807, 2.05) is 24.3 Å². The Labute approximate surface area is 201 Å². The largest absolute Gasteiger partial charge is 0.445 e. The van der Waals surface area contributed by atoms with Gasteiger partial charge in [-0.25, -0.2) is 18.1 Å². The van der Waals surface area contributed by atoms with Gasteiger partial charge in [0.25, 0.3) is 10.0 Å². The van der Waals surface area contributed by atoms with E-state index in [1.165, 1.54) is 6.26 Å². The van der Waals surface area contributed by atoms with E-state index in [1.54, 1.807) is 50.5 Å². The van der Waals surface area contributed by atoms with Crippen molar-refractivity contribution in [1.82, 2.24) is 20.3 Å². The Kier molecular flexibility index (Phi) is 5.83. The van der Waals surface area contributed by atoms with Crippen LogP contribution in [0.4, 0.5) is 11.7 Å². The van der Waals surface area contributed by atoms with Crippen molar-refractivity contribution >= 4 is 21.7 Å². The molecule has 0 aliphatic heterocycles. The number of aromatic nitrogens is 4. The van der Waals surface area contributed by atoms with Crippen LogP contribution in [0.3, 0.4) is 0 Å². The number of aromatic amines is 1. The van der Waals surface area contributed by atoms with Gasteiger partial charge in [0.1, 0.15) is 12.1 Å². The summed E-state index contributed by atoms with van der Waals surface area (Å²) >= 11 is 0. The van der Waals surface area contributed by atoms with E-state index in [4.69, 9.17) is 8.94 Å². The SMILES string of the molecule is Cc1noc(NS(=O)(=O)c2ccccc2-c2ccc(-c3ncco3)cc2CNc2cc[nH]n2)c1C. The van der Waals surface area contributed by atoms with E-state index in [0.29, 0.717) is 35.1 Å². The number of aryl methyl sites for hydroxylation is 1. The highest BCUT2D eigenvalue weighted by Gasteiger charge is 2.24. The molecule has 0 spiro atoms. The molecule has 3 heterocycles. The summed E-state index contributed by atoms with van der Waals surface area (Å²) in [7, 11) is -3.98. The van der Waals surface area contributed by atoms with Crippen molar-refractivity contribution in [2.75, 3.05) is 10.0 Å². The molecule has 5 aromatic rings. The van der Waals surface area contributed by atoms with Crippen molar-refractivity contribution in [3.05, 3.63) is 84.0 Å². The summed E-state index contributed by atoms with van der Waals surface area (Å²) in [6.07, 6.45) is 4.80. The quantitative estimate of drug-likeness (QED) is 0.283. The smallest absolute Gasteiger partial charge is 0.264 e. The molecule has 0 atom stereocenters. The fraction of sp³-hybridized carbons (Fsp3) is 0.125. The lowest BCUT2D eigenvalue weighted by Gasteiger charge is -2.16. The zero-order valence-electron chi connectivity index (χ0n) is 18.9. The summed E-state index contributed by atoms with van der Waals surface area (Å²) in [5.41, 5.74) is 4.11. The Morgan fingerprint density at radius 1 is 1.06 bits per heavy atom. The molecular formula is C24H22N6O4S. The molecule has 0 aliphatic carbocycles. The maximum Gasteiger partial charge on any atom is 0.264 e. The first-order chi connectivity index (χ1) is 16.9. The molecule has 10 nitrogen and oxygen atoms in total. The lowest BCUT2D eigenvalue weighted by Crippen LogP contribution is -2.14. The van der Waals surface area contributed by atoms with Crippen LogP contribution in [0, 0.1) is 13.8 Å². The summed E-state index contributed by atoms with van der Waals surface area (Å²) < 4.78 is 40.0. The molecule has 0 saturated heterocycles. The number of H-pyrrole nitrogens is 1. The Hall–Kier alpha value is -4.38. The lowest BCUT2D eigenvalue weighted by atomic mass is 9.97. The summed E-state index contributed by atoms with van der Waals surface area (Å²) in [6.45, 7) is 3.88. The molecule has 3 aromatic heterocycles. The standard InChI is InChI=1S/C24H22N6O4S/c1-15-16(2)29-34-23(15)30-35(31,32)21-6-4-3-5-20(21)19-8-7-17(24-25-11-12-33-24)13-18(19)14-26-22-9-10-27-28-22/h3-13,30H,14H2,1-2H3,(H2,26,27,28). The van der Waals surface area contributed by atoms with Crippen LogP contribution in [0.5, 0.6) is 0 Å². The number of hydrogen-bond donors (Lipinski definition) is 3. The monoisotopic (exact) mass is 490 g/mol. The highest BCUT2D eigenvalue weighted by atomic mass is 32.2. The van der Waals surface area contributed by atoms with E-state index >= 15 is 0 Å². The Balaban J connectivity index is 1.58. The van der Waals surface area contributed by atoms with Gasteiger partial charge in [0.15, 0.2) is 0 Å². The topological polar surface area (TPSA) is 139 Å². The van der Waals surface area contributed by atoms with Gasteiger partial charge in [-0.1, -0.05) is 29.4 Å². The van der Waals surface area contributed by atoms with Gasteiger partial charge in [-0.3, -0.25) is 5.10 Å². The van der Waals surface area contributed by atoms with E-state index in [-0.39, 0.29) is 10.8 Å². The van der Waals surface area contributed by atoms with Gasteiger partial charge in [0.2, 0.25) is 11.8 Å². The number of rotatable bonds is 8. The van der Waals surface area contributed by atoms with Crippen LogP contribution in [-0.2, 0) is 16.6 Å². The van der Waals surface area contributed by atoms with Crippen LogP contribution in [0.15, 0.2) is 81.0 Å². The molecule has 0 fully saturated rings. The van der Waals surface area contributed by atoms with Gasteiger partial charge in [-0.15, -0.1) is 0 Å². The summed E-state index contributed by atoms with van der Waals surface area (Å²) in [5, 5.41) is 14.0. The third kappa shape index (κ3) is 4.53. The predicted octanol–water partition coefficient (Wildman–Crippen LogP) is 4.75. The first kappa shape index (κ1) is 22.4. The van der Waals surface area contributed by atoms with Crippen LogP contribution in [0.1, 0.15) is 16.8 Å². The molecule has 178 valence electrons. The molecule has 0 radical (unpaired) electrons. The van der Waals surface area contributed by atoms with Crippen molar-refractivity contribution in [1.29, 1.82) is 0 Å². The number of hydrogen-bond acceptors (Lipinski definition) is 8. The number of benzene rings is 2. The van der Waals surface area contributed by atoms with Crippen molar-refractivity contribution < 1.29 is 17.4 Å². The highest BCUT2D eigenvalue weighted by molar-refractivity contribution is 7.92. The minimum Gasteiger partial charge on any atom is -0.445 e. The van der Waals surface area contributed by atoms with Crippen LogP contribution < -0.4 is 10.0 Å². The average molecular weight is 491 g/mol. The van der Waals surface area contributed by atoms with Crippen molar-refractivity contribution in [2.45, 2.75) is 25.3 Å². The van der Waals surface area contributed by atoms with Gasteiger partial charge in [0.05, 0.1) is 16.8 Å². The molecule has 35 heavy (non-hydrogen) atoms. The Morgan fingerprint density at radius 3 is 2.63 bits per heavy atom. The molecule has 0 amide bonds. The fourth-order valence-corrected chi connectivity index (χ4v) is 4.93. The predicted molar refractivity (Wildman–Crippen MR) is 130 cm³/mol. The van der Waals surface area contributed by atoms with Crippen LogP contribution in [0.25, 0.3) is 22.6 Å². The normalized spacial score (nSPS) is 11.5. The third-order valence-electron chi connectivity index (χ3n) is 5.60. The van der Waals surface area contributed by atoms with Gasteiger partial charge in [0, 0.05) is 29.4 Å². The van der Waals surface area contributed by atoms with Gasteiger partial charge in [-0.05, 0) is 49.2 Å². The summed E-state index contributed by atoms with van der Waals surface area (Å²) in [6, 6.07) is 14.2. The third-order valence-corrected chi connectivity index (χ3v) is 6.99. The van der Waals surface area contributed by atoms with E-state index in [2.05, 4.69) is 30.4 Å². The maximum atomic E-state index is 13.4. The minimum atomic E-state index is -3.98. The molecule has 0 bridgehead atoms. The minimum absolute atomic E-state index is 0.0944. The molecule has 0 unspecified atom stereocenters. The molecule has 2 aromatic carbocycles. The molecule has 0 aliphatic rings. The van der Waals surface area contributed by atoms with Gasteiger partial charge >= 0.3 is 0 Å². The van der Waals surface area contributed by atoms with Crippen LogP contribution >= 0.6 is 0 Å². The van der Waals surface area contributed by atoms with E-state index in [0.717, 1.165) is 16.7 Å². The maximum absolute atomic E-state index is 13.4. The number of oxazole rings is 1. The summed E-state index contributed by atoms with van der Waals surface area (Å²) in [4.78, 5) is 4.34. The molecule has 3 N–H and O–H groups in total. The van der Waals surface area contributed by atoms with Gasteiger partial charge < -0.3 is 14.3 Å². The molecule has 0 saturated carbocycles. The van der Waals surface area contributed by atoms with Crippen molar-refractivity contribution in [3.8, 4) is 22.6 Å². The lowest BCUT2D eigenvalue weighted by molar-refractivity contribution is 0.430. The van der Waals surface area contributed by atoms with E-state index in [9.17, 15) is 8.42 Å². The molecule has 11 heteroatoms. The van der Waals surface area contributed by atoms with Crippen LogP contribution in [-0.4, -0.2) is 28.8 Å². The Morgan fingerprint density at radius 2 is 1.91 bits per heavy atom. The first-order valence-electron chi connectivity index (χ1n) is 10.7. The molecule has 5 rings (SSSR count). The first-order valence-corrected chi connectivity index (χ1v) is 12.2. The number of anilines is 2. The van der Waals surface area contributed by atoms with Crippen molar-refractivity contribution in [2.24, 2.45) is 0 Å². The second-order valence-electron chi connectivity index (χ2n) is 7.85. The molecular weight excluding hydrogens is 468 g/mol. The number of nitrogens with zero attached hydrogens (tertiary/aromatic N) is 3. The zero-order chi connectivity index (χ0) is 24.4. The second-order valence-corrected chi connectivity index (χ2v) is 9.50. The zero-order valence-corrected chi connectivity index (χ0v) is 19.8. The Bertz CT molecular complexity index is 1560. The van der Waals surface area contributed by atoms with Crippen LogP contribution in [0.2, 0.25) is 0 Å². The van der Waals surface area contributed by atoms with Crippen molar-refractivity contribution in [3.63, 3.8) is 0 Å². The summed E-state index contributed by atoms with van der Waals surface area (Å²) in [5.74, 6) is 1.23. The fourth-order valence-electron chi connectivity index (χ4n) is 3.66.